The van der Waals surface area contributed by atoms with Crippen molar-refractivity contribution in [1.29, 1.82) is 0 Å². The molecule has 1 aromatic heterocycles. The highest BCUT2D eigenvalue weighted by molar-refractivity contribution is 5.88. The number of aromatic nitrogens is 1. The number of urea groups is 1. The van der Waals surface area contributed by atoms with Crippen molar-refractivity contribution in [2.75, 3.05) is 11.9 Å². The molecule has 1 heterocycles. The van der Waals surface area contributed by atoms with E-state index in [9.17, 15) is 4.79 Å². The van der Waals surface area contributed by atoms with Gasteiger partial charge in [-0.3, -0.25) is 5.32 Å². The fraction of sp³-hybridized carbons (Fsp3) is 0.571. The molecule has 1 fully saturated rings. The number of hydrogen-bond acceptors (Lipinski definition) is 2. The van der Waals surface area contributed by atoms with Gasteiger partial charge in [-0.2, -0.15) is 0 Å². The van der Waals surface area contributed by atoms with Crippen molar-refractivity contribution in [1.82, 2.24) is 10.3 Å². The fourth-order valence-electron chi connectivity index (χ4n) is 2.46. The maximum absolute atomic E-state index is 11.6. The third-order valence-corrected chi connectivity index (χ3v) is 3.47. The Morgan fingerprint density at radius 2 is 2.11 bits per heavy atom. The van der Waals surface area contributed by atoms with Gasteiger partial charge in [-0.25, -0.2) is 9.78 Å². The summed E-state index contributed by atoms with van der Waals surface area (Å²) >= 11 is 0. The molecule has 2 N–H and O–H groups in total. The molecule has 0 saturated heterocycles. The van der Waals surface area contributed by atoms with Crippen LogP contribution >= 0.6 is 0 Å². The number of nitrogens with zero attached hydrogens (tertiary/aromatic N) is 1. The van der Waals surface area contributed by atoms with Crippen molar-refractivity contribution in [3.63, 3.8) is 0 Å². The van der Waals surface area contributed by atoms with Crippen molar-refractivity contribution in [3.8, 4) is 0 Å². The van der Waals surface area contributed by atoms with Crippen LogP contribution in [0, 0.1) is 5.92 Å². The summed E-state index contributed by atoms with van der Waals surface area (Å²) < 4.78 is 0. The first-order valence-corrected chi connectivity index (χ1v) is 6.80. The average Bonchev–Trinajstić information content (AvgIpc) is 2.41. The van der Waals surface area contributed by atoms with Crippen molar-refractivity contribution < 1.29 is 4.79 Å². The summed E-state index contributed by atoms with van der Waals surface area (Å²) in [5.74, 6) is 1.39. The third-order valence-electron chi connectivity index (χ3n) is 3.47. The normalized spacial score (nSPS) is 16.2. The Balaban J connectivity index is 1.62. The van der Waals surface area contributed by atoms with Crippen LogP contribution in [0.1, 0.15) is 38.5 Å². The van der Waals surface area contributed by atoms with E-state index in [4.69, 9.17) is 0 Å². The van der Waals surface area contributed by atoms with Gasteiger partial charge >= 0.3 is 6.03 Å². The predicted molar refractivity (Wildman–Crippen MR) is 72.5 cm³/mol. The van der Waals surface area contributed by atoms with Crippen LogP contribution in [0.3, 0.4) is 0 Å². The number of carbonyl (C=O) groups excluding carboxylic acids is 1. The molecular formula is C14H21N3O. The molecule has 2 amide bonds. The van der Waals surface area contributed by atoms with Gasteiger partial charge in [0, 0.05) is 12.7 Å². The topological polar surface area (TPSA) is 54.0 Å². The summed E-state index contributed by atoms with van der Waals surface area (Å²) in [5.41, 5.74) is 0. The van der Waals surface area contributed by atoms with E-state index >= 15 is 0 Å². The molecule has 0 aromatic carbocycles. The smallest absolute Gasteiger partial charge is 0.320 e. The highest BCUT2D eigenvalue weighted by atomic mass is 16.2. The first-order chi connectivity index (χ1) is 8.84. The molecule has 0 bridgehead atoms. The minimum Gasteiger partial charge on any atom is -0.338 e. The number of anilines is 1. The zero-order chi connectivity index (χ0) is 12.6. The molecule has 0 atom stereocenters. The molecule has 4 nitrogen and oxygen atoms in total. The molecule has 1 aromatic rings. The number of rotatable bonds is 4. The lowest BCUT2D eigenvalue weighted by atomic mass is 9.87. The van der Waals surface area contributed by atoms with Crippen molar-refractivity contribution in [2.45, 2.75) is 38.5 Å². The highest BCUT2D eigenvalue weighted by Crippen LogP contribution is 2.25. The molecule has 18 heavy (non-hydrogen) atoms. The van der Waals surface area contributed by atoms with Crippen LogP contribution in [0.15, 0.2) is 24.4 Å². The largest absolute Gasteiger partial charge is 0.338 e. The van der Waals surface area contributed by atoms with E-state index in [1.165, 1.54) is 32.1 Å². The van der Waals surface area contributed by atoms with Crippen LogP contribution in [0.25, 0.3) is 0 Å². The van der Waals surface area contributed by atoms with Crippen LogP contribution in [0.4, 0.5) is 10.6 Å². The molecule has 1 saturated carbocycles. The Bertz CT molecular complexity index is 361. The second-order valence-electron chi connectivity index (χ2n) is 4.89. The Kier molecular flexibility index (Phi) is 5.00. The minimum absolute atomic E-state index is 0.162. The van der Waals surface area contributed by atoms with Crippen molar-refractivity contribution >= 4 is 11.8 Å². The van der Waals surface area contributed by atoms with Crippen LogP contribution in [-0.2, 0) is 0 Å². The SMILES string of the molecule is O=C(NCCC1CCCCC1)Nc1ccccn1. The number of amides is 2. The number of nitrogens with one attached hydrogen (secondary N) is 2. The third kappa shape index (κ3) is 4.35. The van der Waals surface area contributed by atoms with Gasteiger partial charge in [0.25, 0.3) is 0 Å². The van der Waals surface area contributed by atoms with Crippen LogP contribution in [-0.4, -0.2) is 17.6 Å². The standard InChI is InChI=1S/C14H21N3O/c18-14(17-13-8-4-5-10-15-13)16-11-9-12-6-2-1-3-7-12/h4-5,8,10,12H,1-3,6-7,9,11H2,(H2,15,16,17,18). The first kappa shape index (κ1) is 12.9. The number of carbonyl (C=O) groups is 1. The molecule has 0 spiro atoms. The summed E-state index contributed by atoms with van der Waals surface area (Å²) in [4.78, 5) is 15.6. The molecule has 0 aliphatic heterocycles. The second kappa shape index (κ2) is 6.99. The zero-order valence-electron chi connectivity index (χ0n) is 10.7. The highest BCUT2D eigenvalue weighted by Gasteiger charge is 2.13. The molecular weight excluding hydrogens is 226 g/mol. The van der Waals surface area contributed by atoms with Gasteiger partial charge < -0.3 is 5.32 Å². The average molecular weight is 247 g/mol. The van der Waals surface area contributed by atoms with Gasteiger partial charge in [-0.15, -0.1) is 0 Å². The summed E-state index contributed by atoms with van der Waals surface area (Å²) in [5, 5.41) is 5.61. The molecule has 98 valence electrons. The Morgan fingerprint density at radius 3 is 2.83 bits per heavy atom. The molecule has 2 rings (SSSR count). The van der Waals surface area contributed by atoms with E-state index in [1.807, 2.05) is 12.1 Å². The summed E-state index contributed by atoms with van der Waals surface area (Å²) in [7, 11) is 0. The van der Waals surface area contributed by atoms with E-state index in [1.54, 1.807) is 12.3 Å². The van der Waals surface area contributed by atoms with E-state index in [0.717, 1.165) is 18.9 Å². The maximum Gasteiger partial charge on any atom is 0.320 e. The number of hydrogen-bond donors (Lipinski definition) is 2. The van der Waals surface area contributed by atoms with Gasteiger partial charge in [-0.1, -0.05) is 38.2 Å². The lowest BCUT2D eigenvalue weighted by Gasteiger charge is -2.21. The summed E-state index contributed by atoms with van der Waals surface area (Å²) in [6, 6.07) is 5.29. The Labute approximate surface area is 108 Å². The van der Waals surface area contributed by atoms with Gasteiger partial charge in [0.15, 0.2) is 0 Å². The Morgan fingerprint density at radius 1 is 1.28 bits per heavy atom. The molecule has 4 heteroatoms. The number of pyridine rings is 1. The maximum atomic E-state index is 11.6. The lowest BCUT2D eigenvalue weighted by molar-refractivity contribution is 0.250. The molecule has 0 unspecified atom stereocenters. The molecule has 0 radical (unpaired) electrons. The molecule has 1 aliphatic rings. The van der Waals surface area contributed by atoms with Crippen molar-refractivity contribution in [2.24, 2.45) is 5.92 Å². The summed E-state index contributed by atoms with van der Waals surface area (Å²) in [6.45, 7) is 0.753. The fourth-order valence-corrected chi connectivity index (χ4v) is 2.46. The quantitative estimate of drug-likeness (QED) is 0.858. The Hall–Kier alpha value is -1.58. The lowest BCUT2D eigenvalue weighted by Crippen LogP contribution is -2.31. The second-order valence-corrected chi connectivity index (χ2v) is 4.89. The molecule has 1 aliphatic carbocycles. The van der Waals surface area contributed by atoms with E-state index in [-0.39, 0.29) is 6.03 Å². The van der Waals surface area contributed by atoms with E-state index in [0.29, 0.717) is 5.82 Å². The zero-order valence-corrected chi connectivity index (χ0v) is 10.7. The van der Waals surface area contributed by atoms with Gasteiger partial charge in [0.1, 0.15) is 5.82 Å². The van der Waals surface area contributed by atoms with Crippen LogP contribution in [0.5, 0.6) is 0 Å². The van der Waals surface area contributed by atoms with E-state index in [2.05, 4.69) is 15.6 Å². The van der Waals surface area contributed by atoms with Gasteiger partial charge in [0.05, 0.1) is 0 Å². The first-order valence-electron chi connectivity index (χ1n) is 6.80. The summed E-state index contributed by atoms with van der Waals surface area (Å²) in [6.07, 6.45) is 9.49. The van der Waals surface area contributed by atoms with Gasteiger partial charge in [-0.05, 0) is 24.5 Å². The van der Waals surface area contributed by atoms with E-state index < -0.39 is 0 Å². The van der Waals surface area contributed by atoms with Crippen LogP contribution < -0.4 is 10.6 Å². The van der Waals surface area contributed by atoms with Gasteiger partial charge in [0.2, 0.25) is 0 Å². The monoisotopic (exact) mass is 247 g/mol. The minimum atomic E-state index is -0.162. The predicted octanol–water partition coefficient (Wildman–Crippen LogP) is 3.17. The van der Waals surface area contributed by atoms with Crippen molar-refractivity contribution in [3.05, 3.63) is 24.4 Å². The van der Waals surface area contributed by atoms with Crippen LogP contribution in [0.2, 0.25) is 0 Å².